The summed E-state index contributed by atoms with van der Waals surface area (Å²) in [6, 6.07) is 13.9. The molecule has 1 heterocycles. The van der Waals surface area contributed by atoms with Gasteiger partial charge in [-0.3, -0.25) is 9.44 Å². The van der Waals surface area contributed by atoms with E-state index in [2.05, 4.69) is 14.4 Å². The van der Waals surface area contributed by atoms with Crippen LogP contribution < -0.4 is 9.44 Å². The Morgan fingerprint density at radius 3 is 2.17 bits per heavy atom. The van der Waals surface area contributed by atoms with Gasteiger partial charge in [-0.05, 0) is 61.4 Å². The zero-order valence-electron chi connectivity index (χ0n) is 15.5. The molecule has 0 atom stereocenters. The van der Waals surface area contributed by atoms with Crippen molar-refractivity contribution in [2.24, 2.45) is 0 Å². The Hall–Kier alpha value is -2.62. The Bertz CT molecular complexity index is 1260. The van der Waals surface area contributed by atoms with E-state index in [0.29, 0.717) is 11.3 Å². The smallest absolute Gasteiger partial charge is 0.263 e. The fraction of sp³-hybridized carbons (Fsp3) is 0.105. The number of pyridine rings is 1. The fourth-order valence-corrected chi connectivity index (χ4v) is 5.03. The Morgan fingerprint density at radius 2 is 1.52 bits per heavy atom. The van der Waals surface area contributed by atoms with E-state index in [-0.39, 0.29) is 20.6 Å². The van der Waals surface area contributed by atoms with Crippen molar-refractivity contribution in [3.8, 4) is 0 Å². The van der Waals surface area contributed by atoms with Gasteiger partial charge in [0.1, 0.15) is 10.0 Å². The predicted octanol–water partition coefficient (Wildman–Crippen LogP) is 3.95. The average Bonchev–Trinajstić information content (AvgIpc) is 2.63. The number of hydrogen-bond donors (Lipinski definition) is 2. The molecular formula is C19H18ClN3O4S2. The molecular weight excluding hydrogens is 434 g/mol. The summed E-state index contributed by atoms with van der Waals surface area (Å²) in [7, 11) is -7.88. The highest BCUT2D eigenvalue weighted by Gasteiger charge is 2.20. The minimum atomic E-state index is -3.96. The lowest BCUT2D eigenvalue weighted by atomic mass is 10.2. The summed E-state index contributed by atoms with van der Waals surface area (Å²) in [5, 5.41) is 0.162. The molecule has 0 aliphatic rings. The largest absolute Gasteiger partial charge is 0.280 e. The molecule has 3 rings (SSSR count). The second kappa shape index (κ2) is 8.02. The van der Waals surface area contributed by atoms with E-state index in [0.717, 1.165) is 11.8 Å². The van der Waals surface area contributed by atoms with Crippen LogP contribution in [0.25, 0.3) is 0 Å². The van der Waals surface area contributed by atoms with Crippen LogP contribution in [0.5, 0.6) is 0 Å². The third kappa shape index (κ3) is 5.06. The summed E-state index contributed by atoms with van der Waals surface area (Å²) < 4.78 is 55.6. The number of anilines is 2. The minimum Gasteiger partial charge on any atom is -0.280 e. The Labute approximate surface area is 174 Å². The third-order valence-electron chi connectivity index (χ3n) is 4.01. The fourth-order valence-electron chi connectivity index (χ4n) is 2.61. The topological polar surface area (TPSA) is 105 Å². The second-order valence-corrected chi connectivity index (χ2v) is 10.1. The quantitative estimate of drug-likeness (QED) is 0.552. The summed E-state index contributed by atoms with van der Waals surface area (Å²) >= 11 is 5.69. The van der Waals surface area contributed by atoms with Crippen molar-refractivity contribution in [3.05, 3.63) is 77.1 Å². The molecule has 0 spiro atoms. The Kier molecular flexibility index (Phi) is 5.83. The molecule has 0 saturated heterocycles. The lowest BCUT2D eigenvalue weighted by Crippen LogP contribution is -2.16. The van der Waals surface area contributed by atoms with E-state index in [9.17, 15) is 16.8 Å². The van der Waals surface area contributed by atoms with Crippen LogP contribution in [0.3, 0.4) is 0 Å². The third-order valence-corrected chi connectivity index (χ3v) is 7.12. The van der Waals surface area contributed by atoms with Crippen LogP contribution >= 0.6 is 11.6 Å². The van der Waals surface area contributed by atoms with E-state index in [1.807, 2.05) is 13.0 Å². The number of hydrogen-bond acceptors (Lipinski definition) is 5. The van der Waals surface area contributed by atoms with Gasteiger partial charge in [-0.1, -0.05) is 29.8 Å². The number of sulfonamides is 2. The van der Waals surface area contributed by atoms with Crippen LogP contribution in [0.4, 0.5) is 11.4 Å². The highest BCUT2D eigenvalue weighted by atomic mass is 35.5. The van der Waals surface area contributed by atoms with E-state index in [4.69, 9.17) is 11.6 Å². The van der Waals surface area contributed by atoms with Gasteiger partial charge in [0.15, 0.2) is 0 Å². The number of rotatable bonds is 6. The molecule has 7 nitrogen and oxygen atoms in total. The Morgan fingerprint density at radius 1 is 0.828 bits per heavy atom. The van der Waals surface area contributed by atoms with E-state index >= 15 is 0 Å². The van der Waals surface area contributed by atoms with Crippen molar-refractivity contribution in [1.82, 2.24) is 4.98 Å². The van der Waals surface area contributed by atoms with Gasteiger partial charge in [-0.2, -0.15) is 0 Å². The number of halogens is 1. The molecule has 2 aromatic carbocycles. The summed E-state index contributed by atoms with van der Waals surface area (Å²) in [6.45, 7) is 3.48. The van der Waals surface area contributed by atoms with Gasteiger partial charge in [0, 0.05) is 11.9 Å². The highest BCUT2D eigenvalue weighted by molar-refractivity contribution is 7.93. The standard InChI is InChI=1S/C19H18ClN3O4S2/c1-13-4-3-5-15(10-13)23-29(26,27)18-11-16(7-6-14(18)2)22-28(24,25)17-8-9-19(20)21-12-17/h3-12,22-23H,1-2H3. The number of nitrogens with zero attached hydrogens (tertiary/aromatic N) is 1. The van der Waals surface area contributed by atoms with Crippen LogP contribution in [-0.2, 0) is 20.0 Å². The number of nitrogens with one attached hydrogen (secondary N) is 2. The average molecular weight is 452 g/mol. The van der Waals surface area contributed by atoms with E-state index in [1.54, 1.807) is 25.1 Å². The van der Waals surface area contributed by atoms with Crippen LogP contribution in [0.15, 0.2) is 70.6 Å². The van der Waals surface area contributed by atoms with Crippen molar-refractivity contribution in [2.75, 3.05) is 9.44 Å². The first-order chi connectivity index (χ1) is 13.6. The van der Waals surface area contributed by atoms with E-state index < -0.39 is 20.0 Å². The monoisotopic (exact) mass is 451 g/mol. The SMILES string of the molecule is Cc1cccc(NS(=O)(=O)c2cc(NS(=O)(=O)c3ccc(Cl)nc3)ccc2C)c1. The summed E-state index contributed by atoms with van der Waals surface area (Å²) in [6.07, 6.45) is 1.12. The molecule has 0 aliphatic carbocycles. The molecule has 2 N–H and O–H groups in total. The molecule has 0 fully saturated rings. The molecule has 0 radical (unpaired) electrons. The highest BCUT2D eigenvalue weighted by Crippen LogP contribution is 2.25. The van der Waals surface area contributed by atoms with Crippen molar-refractivity contribution in [2.45, 2.75) is 23.6 Å². The first kappa shape index (κ1) is 21.1. The van der Waals surface area contributed by atoms with Gasteiger partial charge < -0.3 is 0 Å². The maximum Gasteiger partial charge on any atom is 0.263 e. The van der Waals surface area contributed by atoms with Crippen molar-refractivity contribution >= 4 is 43.0 Å². The van der Waals surface area contributed by atoms with Crippen LogP contribution in [0, 0.1) is 13.8 Å². The lowest BCUT2D eigenvalue weighted by Gasteiger charge is -2.13. The molecule has 0 amide bonds. The molecule has 10 heteroatoms. The minimum absolute atomic E-state index is 0.0339. The van der Waals surface area contributed by atoms with Crippen molar-refractivity contribution < 1.29 is 16.8 Å². The second-order valence-electron chi connectivity index (χ2n) is 6.38. The molecule has 152 valence electrons. The first-order valence-corrected chi connectivity index (χ1v) is 11.8. The molecule has 29 heavy (non-hydrogen) atoms. The summed E-state index contributed by atoms with van der Waals surface area (Å²) in [5.74, 6) is 0. The van der Waals surface area contributed by atoms with Crippen molar-refractivity contribution in [1.29, 1.82) is 0 Å². The van der Waals surface area contributed by atoms with Crippen LogP contribution in [0.1, 0.15) is 11.1 Å². The van der Waals surface area contributed by atoms with Crippen molar-refractivity contribution in [3.63, 3.8) is 0 Å². The molecule has 0 bridgehead atoms. The first-order valence-electron chi connectivity index (χ1n) is 8.41. The number of aryl methyl sites for hydroxylation is 2. The van der Waals surface area contributed by atoms with E-state index in [1.165, 1.54) is 30.3 Å². The lowest BCUT2D eigenvalue weighted by molar-refractivity contribution is 0.598. The molecule has 0 aliphatic heterocycles. The molecule has 3 aromatic rings. The maximum atomic E-state index is 12.8. The van der Waals surface area contributed by atoms with Gasteiger partial charge in [0.25, 0.3) is 20.0 Å². The summed E-state index contributed by atoms with van der Waals surface area (Å²) in [5.41, 5.74) is 1.90. The summed E-state index contributed by atoms with van der Waals surface area (Å²) in [4.78, 5) is 3.63. The number of aromatic nitrogens is 1. The van der Waals surface area contributed by atoms with Gasteiger partial charge >= 0.3 is 0 Å². The molecule has 1 aromatic heterocycles. The van der Waals surface area contributed by atoms with Crippen LogP contribution in [-0.4, -0.2) is 21.8 Å². The molecule has 0 unspecified atom stereocenters. The van der Waals surface area contributed by atoms with Gasteiger partial charge in [-0.15, -0.1) is 0 Å². The number of benzene rings is 2. The Balaban J connectivity index is 1.92. The van der Waals surface area contributed by atoms with Crippen LogP contribution in [0.2, 0.25) is 5.15 Å². The normalized spacial score (nSPS) is 11.8. The van der Waals surface area contributed by atoms with Gasteiger partial charge in [-0.25, -0.2) is 21.8 Å². The van der Waals surface area contributed by atoms with Gasteiger partial charge in [0.2, 0.25) is 0 Å². The zero-order chi connectivity index (χ0) is 21.2. The maximum absolute atomic E-state index is 12.8. The predicted molar refractivity (Wildman–Crippen MR) is 113 cm³/mol. The van der Waals surface area contributed by atoms with Gasteiger partial charge in [0.05, 0.1) is 10.6 Å². The zero-order valence-corrected chi connectivity index (χ0v) is 17.9. The molecule has 0 saturated carbocycles.